The number of benzene rings is 6. The van der Waals surface area contributed by atoms with Gasteiger partial charge in [-0.25, -0.2) is 0 Å². The summed E-state index contributed by atoms with van der Waals surface area (Å²) in [6.45, 7) is 15.6. The van der Waals surface area contributed by atoms with Crippen molar-refractivity contribution in [3.8, 4) is 11.5 Å². The molecule has 8 aromatic rings. The number of nitrogens with two attached hydrogens (primary N) is 10. The summed E-state index contributed by atoms with van der Waals surface area (Å²) in [7, 11) is 0. The Labute approximate surface area is 485 Å². The van der Waals surface area contributed by atoms with E-state index in [4.69, 9.17) is 70.9 Å². The molecule has 2 aromatic heterocycles. The summed E-state index contributed by atoms with van der Waals surface area (Å²) in [6.07, 6.45) is -5.54. The molecule has 0 saturated heterocycles. The lowest BCUT2D eigenvalue weighted by molar-refractivity contribution is -0.288. The Balaban J connectivity index is 0.000000194. The van der Waals surface area contributed by atoms with Gasteiger partial charge in [-0.05, 0) is 177 Å². The van der Waals surface area contributed by atoms with Crippen molar-refractivity contribution in [2.45, 2.75) is 103 Å². The van der Waals surface area contributed by atoms with Gasteiger partial charge in [0.1, 0.15) is 22.5 Å². The van der Waals surface area contributed by atoms with E-state index in [0.717, 1.165) is 86.9 Å². The number of hydrogen-bond acceptors (Lipinski definition) is 17. The standard InChI is InChI=1S/C16H14F6N2O.C16H20N2O.C10H19N.C8H8N2O.C7H7N3O.C4H12N2O/c1-8-2-3-9(6-11(8)23)14(15(17,18)19,16(20,21)22)10-4-5-13(25)12(24)7-10;1-10-4-5-11(8-13(10)17)16(2,3)12-6-7-15(19)14(18)9-12;1-2-7-3-9-4-8(7)5-10(9)6-11;1-5-2-3-7-6(4-5)10-8(9)11-7;8-4-1-2-5-6(3-4)11-7(9)10-5;1-4(2-5)7-3-6/h2-7,25H,23-24H2,1H3;4-9,19H,17-18H2,1-3H3;7-10H,2-6,11H2,1H3;2-4H,1H3,(H2,9,10);1-3H,8H2,(H2,9,10);4H,2-3,5-6H2,1H3. The number of aryl methyl sites for hydroxylation is 3. The number of phenolic OH excluding ortho intramolecular Hbond substituents is 2. The van der Waals surface area contributed by atoms with Gasteiger partial charge in [0.15, 0.2) is 11.2 Å². The van der Waals surface area contributed by atoms with Crippen LogP contribution in [-0.4, -0.2) is 58.5 Å². The third kappa shape index (κ3) is 15.9. The van der Waals surface area contributed by atoms with Crippen molar-refractivity contribution < 1.29 is 50.1 Å². The van der Waals surface area contributed by atoms with Crippen LogP contribution in [0.3, 0.4) is 0 Å². The first-order valence-electron chi connectivity index (χ1n) is 27.1. The molecule has 84 heavy (non-hydrogen) atoms. The lowest BCUT2D eigenvalue weighted by Gasteiger charge is -2.38. The van der Waals surface area contributed by atoms with Gasteiger partial charge in [-0.3, -0.25) is 0 Å². The van der Waals surface area contributed by atoms with Crippen LogP contribution in [0.4, 0.5) is 66.8 Å². The Hall–Kier alpha value is -8.12. The molecule has 0 radical (unpaired) electrons. The van der Waals surface area contributed by atoms with Gasteiger partial charge < -0.3 is 81.1 Å². The van der Waals surface area contributed by atoms with Gasteiger partial charge in [-0.15, -0.1) is 0 Å². The summed E-state index contributed by atoms with van der Waals surface area (Å²) in [5.74, 6) is 3.51. The maximum Gasteiger partial charge on any atom is 0.411 e. The maximum absolute atomic E-state index is 13.8. The fraction of sp³-hybridized carbons (Fsp3) is 0.377. The van der Waals surface area contributed by atoms with E-state index in [1.165, 1.54) is 32.6 Å². The number of aromatic hydroxyl groups is 2. The van der Waals surface area contributed by atoms with E-state index in [1.54, 1.807) is 24.3 Å². The molecule has 2 aliphatic rings. The topological polar surface area (TPSA) is 362 Å². The second kappa shape index (κ2) is 28.0. The minimum absolute atomic E-state index is 0.102. The number of aromatic nitrogens is 2. The first-order chi connectivity index (χ1) is 39.3. The number of phenols is 2. The summed E-state index contributed by atoms with van der Waals surface area (Å²) in [4.78, 5) is 7.89. The van der Waals surface area contributed by atoms with E-state index in [0.29, 0.717) is 53.3 Å². The van der Waals surface area contributed by atoms with Crippen LogP contribution < -0.4 is 57.3 Å². The number of anilines is 7. The van der Waals surface area contributed by atoms with Crippen molar-refractivity contribution >= 4 is 62.7 Å². The van der Waals surface area contributed by atoms with Crippen molar-refractivity contribution in [2.24, 2.45) is 40.9 Å². The van der Waals surface area contributed by atoms with Crippen molar-refractivity contribution in [2.75, 3.05) is 60.0 Å². The van der Waals surface area contributed by atoms with Crippen LogP contribution in [0.25, 0.3) is 22.2 Å². The zero-order valence-corrected chi connectivity index (χ0v) is 48.3. The smallest absolute Gasteiger partial charge is 0.411 e. The first-order valence-corrected chi connectivity index (χ1v) is 27.1. The molecule has 2 bridgehead atoms. The summed E-state index contributed by atoms with van der Waals surface area (Å²) >= 11 is 0. The number of oxazole rings is 2. The third-order valence-electron chi connectivity index (χ3n) is 15.5. The molecule has 17 nitrogen and oxygen atoms in total. The Morgan fingerprint density at radius 2 is 1.02 bits per heavy atom. The van der Waals surface area contributed by atoms with Crippen molar-refractivity contribution in [3.05, 3.63) is 148 Å². The number of fused-ring (bicyclic) bond motifs is 4. The van der Waals surface area contributed by atoms with Crippen LogP contribution in [0.1, 0.15) is 92.3 Å². The number of ether oxygens (including phenoxy) is 1. The van der Waals surface area contributed by atoms with E-state index in [-0.39, 0.29) is 41.7 Å². The summed E-state index contributed by atoms with van der Waals surface area (Å²) in [6, 6.07) is 27.0. The molecular formula is C61H80F6N12O5. The van der Waals surface area contributed by atoms with Gasteiger partial charge in [-0.2, -0.15) is 36.3 Å². The molecule has 2 saturated carbocycles. The molecular weight excluding hydrogens is 1090 g/mol. The average Bonchev–Trinajstić information content (AvgIpc) is 1.19. The summed E-state index contributed by atoms with van der Waals surface area (Å²) in [5.41, 5.74) is 56.6. The molecule has 0 spiro atoms. The molecule has 5 unspecified atom stereocenters. The minimum Gasteiger partial charge on any atom is -0.506 e. The molecule has 2 fully saturated rings. The van der Waals surface area contributed by atoms with E-state index >= 15 is 0 Å². The molecule has 0 amide bonds. The minimum atomic E-state index is -5.74. The Morgan fingerprint density at radius 3 is 1.49 bits per heavy atom. The third-order valence-corrected chi connectivity index (χ3v) is 15.5. The zero-order chi connectivity index (χ0) is 62.6. The van der Waals surface area contributed by atoms with Crippen molar-refractivity contribution in [1.29, 1.82) is 0 Å². The van der Waals surface area contributed by atoms with Crippen LogP contribution in [-0.2, 0) is 15.6 Å². The molecule has 23 heteroatoms. The average molecular weight is 1180 g/mol. The largest absolute Gasteiger partial charge is 0.506 e. The number of nitrogen functional groups attached to an aromatic ring is 7. The Kier molecular flexibility index (Phi) is 22.2. The Morgan fingerprint density at radius 1 is 0.560 bits per heavy atom. The normalized spacial score (nSPS) is 16.8. The molecule has 0 aliphatic heterocycles. The predicted octanol–water partition coefficient (Wildman–Crippen LogP) is 11.5. The fourth-order valence-electron chi connectivity index (χ4n) is 10.3. The van der Waals surface area contributed by atoms with Crippen molar-refractivity contribution in [3.63, 3.8) is 0 Å². The molecule has 22 N–H and O–H groups in total. The zero-order valence-electron chi connectivity index (χ0n) is 48.3. The van der Waals surface area contributed by atoms with Gasteiger partial charge in [-0.1, -0.05) is 69.7 Å². The van der Waals surface area contributed by atoms with E-state index < -0.39 is 40.3 Å². The van der Waals surface area contributed by atoms with E-state index in [1.807, 2.05) is 63.2 Å². The molecule has 456 valence electrons. The van der Waals surface area contributed by atoms with Crippen LogP contribution >= 0.6 is 0 Å². The monoisotopic (exact) mass is 1170 g/mol. The van der Waals surface area contributed by atoms with E-state index in [2.05, 4.69) is 36.8 Å². The molecule has 6 aromatic carbocycles. The second-order valence-corrected chi connectivity index (χ2v) is 21.6. The number of rotatable bonds is 9. The van der Waals surface area contributed by atoms with E-state index in [9.17, 15) is 36.6 Å². The van der Waals surface area contributed by atoms with Crippen LogP contribution in [0.2, 0.25) is 0 Å². The number of nitrogens with zero attached hydrogens (tertiary/aromatic N) is 2. The highest BCUT2D eigenvalue weighted by molar-refractivity contribution is 5.78. The van der Waals surface area contributed by atoms with Crippen LogP contribution in [0.5, 0.6) is 11.5 Å². The highest BCUT2D eigenvalue weighted by Crippen LogP contribution is 2.57. The molecule has 10 rings (SSSR count). The van der Waals surface area contributed by atoms with Gasteiger partial charge in [0.2, 0.25) is 5.41 Å². The quantitative estimate of drug-likeness (QED) is 0.0276. The van der Waals surface area contributed by atoms with Crippen LogP contribution in [0, 0.1) is 44.4 Å². The molecule has 5 atom stereocenters. The number of halogens is 6. The van der Waals surface area contributed by atoms with Gasteiger partial charge in [0.05, 0.1) is 24.2 Å². The van der Waals surface area contributed by atoms with Gasteiger partial charge in [0, 0.05) is 35.1 Å². The van der Waals surface area contributed by atoms with Gasteiger partial charge >= 0.3 is 12.4 Å². The SMILES string of the molecule is CC(CN)OCN.CCC1CC2CC1CC2CN.Cc1ccc(C(C)(C)c2ccc(O)c(N)c2)cc1N.Cc1ccc(C(c2ccc(O)c(N)c2)(C(F)(F)F)C(F)(F)F)cc1N.Cc1ccc2oc(N)nc2c1.Nc1ccc2nc(N)oc2c1. The molecule has 2 aliphatic carbocycles. The summed E-state index contributed by atoms with van der Waals surface area (Å²) in [5, 5.41) is 18.9. The van der Waals surface area contributed by atoms with Gasteiger partial charge in [0.25, 0.3) is 12.0 Å². The number of alkyl halides is 6. The predicted molar refractivity (Wildman–Crippen MR) is 323 cm³/mol. The molecule has 2 heterocycles. The highest BCUT2D eigenvalue weighted by Gasteiger charge is 2.72. The lowest BCUT2D eigenvalue weighted by atomic mass is 9.72. The fourth-order valence-corrected chi connectivity index (χ4v) is 10.3. The number of hydrogen-bond donors (Lipinski definition) is 12. The lowest BCUT2D eigenvalue weighted by Crippen LogP contribution is -2.54. The Bertz CT molecular complexity index is 3230. The summed E-state index contributed by atoms with van der Waals surface area (Å²) < 4.78 is 98.0. The van der Waals surface area contributed by atoms with Crippen molar-refractivity contribution in [1.82, 2.24) is 9.97 Å². The maximum atomic E-state index is 13.8. The first kappa shape index (κ1) is 66.7. The second-order valence-electron chi connectivity index (χ2n) is 21.6. The highest BCUT2D eigenvalue weighted by atomic mass is 19.4. The van der Waals surface area contributed by atoms with Crippen LogP contribution in [0.15, 0.2) is 118 Å².